The van der Waals surface area contributed by atoms with Crippen molar-refractivity contribution < 1.29 is 24.2 Å². The molecule has 0 aliphatic carbocycles. The van der Waals surface area contributed by atoms with E-state index in [2.05, 4.69) is 20.3 Å². The van der Waals surface area contributed by atoms with E-state index in [0.717, 1.165) is 5.56 Å². The van der Waals surface area contributed by atoms with E-state index in [1.165, 1.54) is 22.7 Å². The molecule has 2 amide bonds. The average Bonchev–Trinajstić information content (AvgIpc) is 3.36. The normalized spacial score (nSPS) is 12.2. The number of carbonyl (C=O) groups excluding carboxylic acids is 2. The number of nitrogens with zero attached hydrogens (tertiary/aromatic N) is 3. The Morgan fingerprint density at radius 3 is 2.47 bits per heavy atom. The summed E-state index contributed by atoms with van der Waals surface area (Å²) in [5.74, 6) is -1.78. The monoisotopic (exact) mass is 475 g/mol. The Labute approximate surface area is 191 Å². The molecule has 3 heterocycles. The third-order valence-electron chi connectivity index (χ3n) is 3.95. The van der Waals surface area contributed by atoms with Gasteiger partial charge in [-0.25, -0.2) is 19.6 Å². The fourth-order valence-electron chi connectivity index (χ4n) is 2.54. The molecule has 0 aliphatic heterocycles. The Bertz CT molecular complexity index is 1130. The van der Waals surface area contributed by atoms with Crippen LogP contribution >= 0.6 is 22.7 Å². The topological polar surface area (TPSA) is 157 Å². The van der Waals surface area contributed by atoms with Crippen molar-refractivity contribution in [2.24, 2.45) is 5.73 Å². The number of aliphatic carboxylic acids is 1. The van der Waals surface area contributed by atoms with Gasteiger partial charge in [0.05, 0.1) is 16.4 Å². The zero-order chi connectivity index (χ0) is 23.5. The zero-order valence-electron chi connectivity index (χ0n) is 17.5. The molecule has 1 atom stereocenters. The molecule has 0 aromatic carbocycles. The number of pyridine rings is 1. The molecule has 3 aromatic rings. The molecule has 0 aliphatic rings. The molecule has 0 bridgehead atoms. The lowest BCUT2D eigenvalue weighted by Crippen LogP contribution is -2.44. The van der Waals surface area contributed by atoms with Crippen LogP contribution in [0.4, 0.5) is 4.79 Å². The van der Waals surface area contributed by atoms with Crippen molar-refractivity contribution >= 4 is 40.6 Å². The maximum Gasteiger partial charge on any atom is 0.408 e. The summed E-state index contributed by atoms with van der Waals surface area (Å²) in [5, 5.41) is 16.3. The lowest BCUT2D eigenvalue weighted by atomic mass is 10.2. The number of carboxylic acids is 1. The Morgan fingerprint density at radius 1 is 1.16 bits per heavy atom. The van der Waals surface area contributed by atoms with E-state index in [-0.39, 0.29) is 12.1 Å². The number of carboxylic acid groups (broad SMARTS) is 1. The molecule has 12 heteroatoms. The highest BCUT2D eigenvalue weighted by Crippen LogP contribution is 2.26. The first kappa shape index (κ1) is 23.3. The number of thiazole rings is 2. The van der Waals surface area contributed by atoms with E-state index in [4.69, 9.17) is 10.5 Å². The molecular weight excluding hydrogens is 454 g/mol. The number of nitrogens with one attached hydrogen (secondary N) is 1. The molecule has 4 N–H and O–H groups in total. The van der Waals surface area contributed by atoms with Crippen molar-refractivity contribution in [3.63, 3.8) is 0 Å². The van der Waals surface area contributed by atoms with Crippen molar-refractivity contribution in [1.29, 1.82) is 0 Å². The minimum atomic E-state index is -1.19. The number of nitrogens with two attached hydrogens (primary N) is 1. The Morgan fingerprint density at radius 2 is 1.91 bits per heavy atom. The number of amides is 2. The fraction of sp³-hybridized carbons (Fsp3) is 0.300. The Kier molecular flexibility index (Phi) is 6.84. The molecule has 32 heavy (non-hydrogen) atoms. The summed E-state index contributed by atoms with van der Waals surface area (Å²) in [4.78, 5) is 47.7. The van der Waals surface area contributed by atoms with Crippen molar-refractivity contribution in [2.45, 2.75) is 38.8 Å². The molecule has 3 rings (SSSR count). The number of hydrogen-bond donors (Lipinski definition) is 3. The van der Waals surface area contributed by atoms with Gasteiger partial charge in [-0.15, -0.1) is 22.7 Å². The number of alkyl carbamates (subject to hydrolysis) is 1. The van der Waals surface area contributed by atoms with E-state index >= 15 is 0 Å². The fourth-order valence-corrected chi connectivity index (χ4v) is 4.17. The first-order valence-corrected chi connectivity index (χ1v) is 11.2. The largest absolute Gasteiger partial charge is 0.480 e. The van der Waals surface area contributed by atoms with Crippen molar-refractivity contribution in [1.82, 2.24) is 20.3 Å². The summed E-state index contributed by atoms with van der Waals surface area (Å²) in [7, 11) is 0. The molecule has 0 fully saturated rings. The van der Waals surface area contributed by atoms with Gasteiger partial charge in [0.1, 0.15) is 22.3 Å². The van der Waals surface area contributed by atoms with E-state index in [0.29, 0.717) is 21.4 Å². The number of rotatable bonds is 7. The highest BCUT2D eigenvalue weighted by atomic mass is 32.1. The van der Waals surface area contributed by atoms with Gasteiger partial charge in [-0.05, 0) is 32.9 Å². The van der Waals surface area contributed by atoms with Crippen LogP contribution in [0, 0.1) is 0 Å². The van der Waals surface area contributed by atoms with Crippen LogP contribution in [0.2, 0.25) is 0 Å². The van der Waals surface area contributed by atoms with Gasteiger partial charge in [-0.1, -0.05) is 0 Å². The van der Waals surface area contributed by atoms with Gasteiger partial charge in [0, 0.05) is 28.9 Å². The second kappa shape index (κ2) is 9.40. The van der Waals surface area contributed by atoms with Gasteiger partial charge in [0.15, 0.2) is 0 Å². The highest BCUT2D eigenvalue weighted by molar-refractivity contribution is 7.13. The van der Waals surface area contributed by atoms with Gasteiger partial charge < -0.3 is 20.9 Å². The minimum absolute atomic E-state index is 0.00629. The van der Waals surface area contributed by atoms with Crippen molar-refractivity contribution in [3.8, 4) is 22.0 Å². The summed E-state index contributed by atoms with van der Waals surface area (Å²) < 4.78 is 5.12. The van der Waals surface area contributed by atoms with Crippen LogP contribution < -0.4 is 11.1 Å². The van der Waals surface area contributed by atoms with E-state index in [1.54, 1.807) is 49.9 Å². The first-order chi connectivity index (χ1) is 15.0. The van der Waals surface area contributed by atoms with Crippen LogP contribution in [0.25, 0.3) is 22.0 Å². The first-order valence-electron chi connectivity index (χ1n) is 9.40. The average molecular weight is 476 g/mol. The van der Waals surface area contributed by atoms with Gasteiger partial charge in [0.2, 0.25) is 0 Å². The lowest BCUT2D eigenvalue weighted by Gasteiger charge is -2.21. The van der Waals surface area contributed by atoms with Crippen LogP contribution in [0.15, 0.2) is 29.1 Å². The van der Waals surface area contributed by atoms with Crippen LogP contribution in [0.3, 0.4) is 0 Å². The van der Waals surface area contributed by atoms with Gasteiger partial charge in [-0.2, -0.15) is 0 Å². The smallest absolute Gasteiger partial charge is 0.408 e. The molecule has 0 spiro atoms. The molecule has 1 unspecified atom stereocenters. The third-order valence-corrected chi connectivity index (χ3v) is 5.71. The number of hydrogen-bond acceptors (Lipinski definition) is 9. The Balaban J connectivity index is 1.69. The molecular formula is C20H21N5O5S2. The minimum Gasteiger partial charge on any atom is -0.480 e. The Hall–Kier alpha value is -3.38. The summed E-state index contributed by atoms with van der Waals surface area (Å²) in [6.45, 7) is 5.08. The number of ether oxygens (including phenoxy) is 1. The number of carbonyl (C=O) groups is 3. The van der Waals surface area contributed by atoms with E-state index < -0.39 is 29.6 Å². The van der Waals surface area contributed by atoms with Crippen LogP contribution in [-0.2, 0) is 16.0 Å². The maximum atomic E-state index is 11.9. The highest BCUT2D eigenvalue weighted by Gasteiger charge is 2.25. The SMILES string of the molecule is CC(C)(C)OC(=O)NC(Cc1nc(-c2ccc(-c3nc(C(N)=O)cs3)cn2)cs1)C(=O)O. The van der Waals surface area contributed by atoms with Crippen molar-refractivity contribution in [2.75, 3.05) is 0 Å². The summed E-state index contributed by atoms with van der Waals surface area (Å²) in [6, 6.07) is 2.38. The van der Waals surface area contributed by atoms with E-state index in [1.807, 2.05) is 0 Å². The van der Waals surface area contributed by atoms with Gasteiger partial charge in [0.25, 0.3) is 5.91 Å². The van der Waals surface area contributed by atoms with Gasteiger partial charge >= 0.3 is 12.1 Å². The molecule has 0 saturated heterocycles. The molecule has 0 saturated carbocycles. The zero-order valence-corrected chi connectivity index (χ0v) is 19.1. The number of aromatic nitrogens is 3. The molecule has 10 nitrogen and oxygen atoms in total. The second-order valence-electron chi connectivity index (χ2n) is 7.70. The second-order valence-corrected chi connectivity index (χ2v) is 9.50. The molecule has 168 valence electrons. The van der Waals surface area contributed by atoms with Gasteiger partial charge in [-0.3, -0.25) is 9.78 Å². The van der Waals surface area contributed by atoms with Crippen LogP contribution in [0.5, 0.6) is 0 Å². The maximum absolute atomic E-state index is 11.9. The van der Waals surface area contributed by atoms with E-state index in [9.17, 15) is 19.5 Å². The number of primary amides is 1. The summed E-state index contributed by atoms with van der Waals surface area (Å²) >= 11 is 2.56. The predicted molar refractivity (Wildman–Crippen MR) is 119 cm³/mol. The summed E-state index contributed by atoms with van der Waals surface area (Å²) in [6.07, 6.45) is 0.814. The van der Waals surface area contributed by atoms with Crippen LogP contribution in [-0.4, -0.2) is 49.7 Å². The summed E-state index contributed by atoms with van der Waals surface area (Å²) in [5.41, 5.74) is 6.60. The standard InChI is InChI=1S/C20H21N5O5S2/c1-20(2,3)30-19(29)25-12(18(27)28)6-15-23-13(8-31-15)11-5-4-10(7-22-11)17-24-14(9-32-17)16(21)26/h4-5,7-9,12H,6H2,1-3H3,(H2,21,26)(H,25,29)(H,27,28). The molecule has 3 aromatic heterocycles. The third kappa shape index (κ3) is 6.08. The predicted octanol–water partition coefficient (Wildman–Crippen LogP) is 2.95. The molecule has 0 radical (unpaired) electrons. The quantitative estimate of drug-likeness (QED) is 0.470. The lowest BCUT2D eigenvalue weighted by molar-refractivity contribution is -0.139. The van der Waals surface area contributed by atoms with Crippen LogP contribution in [0.1, 0.15) is 36.3 Å². The van der Waals surface area contributed by atoms with Crippen molar-refractivity contribution in [3.05, 3.63) is 39.8 Å².